The van der Waals surface area contributed by atoms with Gasteiger partial charge in [-0.3, -0.25) is 10.1 Å². The minimum Gasteiger partial charge on any atom is -0.462 e. The first-order chi connectivity index (χ1) is 17.1. The molecule has 0 aliphatic rings. The van der Waals surface area contributed by atoms with Gasteiger partial charge < -0.3 is 13.7 Å². The minimum absolute atomic E-state index is 0.132. The highest BCUT2D eigenvalue weighted by Crippen LogP contribution is 2.32. The van der Waals surface area contributed by atoms with Gasteiger partial charge in [-0.05, 0) is 31.2 Å². The molecular weight excluding hydrogens is 468 g/mol. The van der Waals surface area contributed by atoms with Gasteiger partial charge in [0.05, 0.1) is 12.2 Å². The zero-order chi connectivity index (χ0) is 24.2. The zero-order valence-electron chi connectivity index (χ0n) is 18.4. The molecule has 0 saturated carbocycles. The SMILES string of the molecule is CCOC(=O)c1ccc(-c2ccc(-c3nnc(NC(=O)c4cc(-c5ccccc5)on4)s3)o2)cc1. The van der Waals surface area contributed by atoms with Crippen molar-refractivity contribution in [2.24, 2.45) is 0 Å². The van der Waals surface area contributed by atoms with Crippen LogP contribution in [0.2, 0.25) is 0 Å². The summed E-state index contributed by atoms with van der Waals surface area (Å²) in [5, 5.41) is 15.4. The van der Waals surface area contributed by atoms with E-state index in [2.05, 4.69) is 20.7 Å². The van der Waals surface area contributed by atoms with Crippen LogP contribution in [-0.2, 0) is 4.74 Å². The van der Waals surface area contributed by atoms with Crippen LogP contribution in [0.3, 0.4) is 0 Å². The maximum atomic E-state index is 12.6. The van der Waals surface area contributed by atoms with Gasteiger partial charge in [0, 0.05) is 17.2 Å². The van der Waals surface area contributed by atoms with E-state index in [1.165, 1.54) is 11.3 Å². The lowest BCUT2D eigenvalue weighted by atomic mass is 10.1. The molecule has 35 heavy (non-hydrogen) atoms. The summed E-state index contributed by atoms with van der Waals surface area (Å²) in [5.41, 5.74) is 2.21. The molecule has 0 aliphatic heterocycles. The topological polar surface area (TPSA) is 120 Å². The first kappa shape index (κ1) is 22.2. The Balaban J connectivity index is 1.26. The van der Waals surface area contributed by atoms with E-state index >= 15 is 0 Å². The van der Waals surface area contributed by atoms with Crippen LogP contribution in [0.1, 0.15) is 27.8 Å². The van der Waals surface area contributed by atoms with Crippen molar-refractivity contribution in [3.63, 3.8) is 0 Å². The average Bonchev–Trinajstić information content (AvgIpc) is 3.66. The molecule has 0 atom stereocenters. The summed E-state index contributed by atoms with van der Waals surface area (Å²) >= 11 is 1.17. The molecule has 3 aromatic heterocycles. The van der Waals surface area contributed by atoms with E-state index in [1.807, 2.05) is 30.3 Å². The van der Waals surface area contributed by atoms with Crippen molar-refractivity contribution < 1.29 is 23.3 Å². The van der Waals surface area contributed by atoms with Gasteiger partial charge in [0.25, 0.3) is 5.91 Å². The number of aromatic nitrogens is 3. The number of amides is 1. The number of hydrogen-bond acceptors (Lipinski definition) is 9. The summed E-state index contributed by atoms with van der Waals surface area (Å²) < 4.78 is 16.2. The Labute approximate surface area is 203 Å². The summed E-state index contributed by atoms with van der Waals surface area (Å²) in [5.74, 6) is 0.768. The number of nitrogens with one attached hydrogen (secondary N) is 1. The second kappa shape index (κ2) is 9.74. The largest absolute Gasteiger partial charge is 0.462 e. The molecule has 0 unspecified atom stereocenters. The Morgan fingerprint density at radius 3 is 2.43 bits per heavy atom. The Morgan fingerprint density at radius 2 is 1.66 bits per heavy atom. The van der Waals surface area contributed by atoms with Gasteiger partial charge in [0.2, 0.25) is 5.13 Å². The molecular formula is C25H18N4O5S. The third kappa shape index (κ3) is 4.87. The van der Waals surface area contributed by atoms with E-state index in [1.54, 1.807) is 49.4 Å². The van der Waals surface area contributed by atoms with Crippen LogP contribution in [0.4, 0.5) is 5.13 Å². The number of carbonyl (C=O) groups excluding carboxylic acids is 2. The fraction of sp³-hybridized carbons (Fsp3) is 0.0800. The predicted octanol–water partition coefficient (Wildman–Crippen LogP) is 5.55. The number of furan rings is 1. The number of carbonyl (C=O) groups is 2. The molecule has 1 amide bonds. The van der Waals surface area contributed by atoms with Gasteiger partial charge in [0.1, 0.15) is 5.76 Å². The highest BCUT2D eigenvalue weighted by Gasteiger charge is 2.18. The maximum absolute atomic E-state index is 12.6. The molecule has 0 aliphatic carbocycles. The molecule has 0 radical (unpaired) electrons. The number of nitrogens with zero attached hydrogens (tertiary/aromatic N) is 3. The molecule has 2 aromatic carbocycles. The molecule has 10 heteroatoms. The van der Waals surface area contributed by atoms with Crippen molar-refractivity contribution in [1.82, 2.24) is 15.4 Å². The van der Waals surface area contributed by atoms with Crippen LogP contribution in [0.15, 0.2) is 81.7 Å². The van der Waals surface area contributed by atoms with E-state index in [4.69, 9.17) is 13.7 Å². The monoisotopic (exact) mass is 486 g/mol. The van der Waals surface area contributed by atoms with Gasteiger partial charge in [-0.1, -0.05) is 59.0 Å². The van der Waals surface area contributed by atoms with Gasteiger partial charge in [-0.2, -0.15) is 0 Å². The first-order valence-corrected chi connectivity index (χ1v) is 11.5. The number of esters is 1. The number of rotatable bonds is 7. The molecule has 5 aromatic rings. The molecule has 5 rings (SSSR count). The minimum atomic E-state index is -0.458. The number of anilines is 1. The highest BCUT2D eigenvalue weighted by atomic mass is 32.1. The van der Waals surface area contributed by atoms with Crippen LogP contribution < -0.4 is 5.32 Å². The normalized spacial score (nSPS) is 10.8. The Morgan fingerprint density at radius 1 is 0.914 bits per heavy atom. The summed E-state index contributed by atoms with van der Waals surface area (Å²) in [6, 6.07) is 21.4. The highest BCUT2D eigenvalue weighted by molar-refractivity contribution is 7.18. The molecule has 1 N–H and O–H groups in total. The van der Waals surface area contributed by atoms with Crippen molar-refractivity contribution in [2.45, 2.75) is 6.92 Å². The standard InChI is InChI=1S/C25H18N4O5S/c1-2-32-24(31)17-10-8-16(9-11-17)19-12-13-20(33-19)23-27-28-25(35-23)26-22(30)18-14-21(34-29-18)15-6-4-3-5-7-15/h3-14H,2H2,1H3,(H,26,28,30). The second-order valence-corrected chi connectivity index (χ2v) is 8.25. The van der Waals surface area contributed by atoms with Crippen LogP contribution in [-0.4, -0.2) is 33.8 Å². The second-order valence-electron chi connectivity index (χ2n) is 7.27. The summed E-state index contributed by atoms with van der Waals surface area (Å²) in [6.07, 6.45) is 0. The summed E-state index contributed by atoms with van der Waals surface area (Å²) in [4.78, 5) is 24.4. The molecule has 0 spiro atoms. The van der Waals surface area contributed by atoms with E-state index in [9.17, 15) is 9.59 Å². The van der Waals surface area contributed by atoms with Crippen molar-refractivity contribution in [3.05, 3.63) is 84.1 Å². The Hall–Kier alpha value is -4.57. The van der Waals surface area contributed by atoms with Gasteiger partial charge in [0.15, 0.2) is 22.2 Å². The molecule has 0 bridgehead atoms. The molecule has 0 fully saturated rings. The van der Waals surface area contributed by atoms with Crippen LogP contribution in [0, 0.1) is 0 Å². The number of hydrogen-bond donors (Lipinski definition) is 1. The van der Waals surface area contributed by atoms with Gasteiger partial charge >= 0.3 is 5.97 Å². The fourth-order valence-electron chi connectivity index (χ4n) is 3.25. The molecule has 9 nitrogen and oxygen atoms in total. The average molecular weight is 487 g/mol. The lowest BCUT2D eigenvalue weighted by Crippen LogP contribution is -2.11. The number of ether oxygens (including phenoxy) is 1. The van der Waals surface area contributed by atoms with Crippen molar-refractivity contribution in [2.75, 3.05) is 11.9 Å². The lowest BCUT2D eigenvalue weighted by Gasteiger charge is -2.02. The van der Waals surface area contributed by atoms with Crippen LogP contribution in [0.5, 0.6) is 0 Å². The first-order valence-electron chi connectivity index (χ1n) is 10.7. The van der Waals surface area contributed by atoms with Crippen molar-refractivity contribution in [3.8, 4) is 33.4 Å². The van der Waals surface area contributed by atoms with E-state index in [-0.39, 0.29) is 11.7 Å². The summed E-state index contributed by atoms with van der Waals surface area (Å²) in [6.45, 7) is 2.08. The van der Waals surface area contributed by atoms with Gasteiger partial charge in [-0.15, -0.1) is 10.2 Å². The molecule has 174 valence electrons. The Bertz CT molecular complexity index is 1470. The zero-order valence-corrected chi connectivity index (χ0v) is 19.2. The summed E-state index contributed by atoms with van der Waals surface area (Å²) in [7, 11) is 0. The number of benzene rings is 2. The van der Waals surface area contributed by atoms with Crippen LogP contribution in [0.25, 0.3) is 33.4 Å². The molecule has 3 heterocycles. The fourth-order valence-corrected chi connectivity index (χ4v) is 3.95. The molecule has 0 saturated heterocycles. The third-order valence-electron chi connectivity index (χ3n) is 4.94. The van der Waals surface area contributed by atoms with Crippen LogP contribution >= 0.6 is 11.3 Å². The quantitative estimate of drug-likeness (QED) is 0.297. The predicted molar refractivity (Wildman–Crippen MR) is 129 cm³/mol. The lowest BCUT2D eigenvalue weighted by molar-refractivity contribution is 0.0526. The maximum Gasteiger partial charge on any atom is 0.338 e. The smallest absolute Gasteiger partial charge is 0.338 e. The third-order valence-corrected chi connectivity index (χ3v) is 5.80. The van der Waals surface area contributed by atoms with E-state index < -0.39 is 5.91 Å². The van der Waals surface area contributed by atoms with E-state index in [0.29, 0.717) is 39.6 Å². The van der Waals surface area contributed by atoms with Crippen molar-refractivity contribution >= 4 is 28.3 Å². The van der Waals surface area contributed by atoms with Gasteiger partial charge in [-0.25, -0.2) is 4.79 Å². The van der Waals surface area contributed by atoms with Crippen molar-refractivity contribution in [1.29, 1.82) is 0 Å². The Kier molecular flexibility index (Phi) is 6.18. The van der Waals surface area contributed by atoms with E-state index in [0.717, 1.165) is 11.1 Å².